The van der Waals surface area contributed by atoms with Crippen molar-refractivity contribution in [1.29, 1.82) is 0 Å². The molecule has 3 aromatic rings. The number of carbonyl (C=O) groups is 2. The van der Waals surface area contributed by atoms with Gasteiger partial charge in [-0.05, 0) is 63.3 Å². The summed E-state index contributed by atoms with van der Waals surface area (Å²) in [6.07, 6.45) is 6.15. The largest absolute Gasteiger partial charge is 0.375 e. The van der Waals surface area contributed by atoms with E-state index in [1.807, 2.05) is 6.07 Å². The van der Waals surface area contributed by atoms with E-state index >= 15 is 4.39 Å². The van der Waals surface area contributed by atoms with E-state index in [0.717, 1.165) is 43.4 Å². The van der Waals surface area contributed by atoms with Crippen LogP contribution in [0.4, 0.5) is 10.2 Å². The highest BCUT2D eigenvalue weighted by Gasteiger charge is 2.33. The summed E-state index contributed by atoms with van der Waals surface area (Å²) in [5, 5.41) is 6.18. The second-order valence-electron chi connectivity index (χ2n) is 10.6. The molecule has 2 aromatic heterocycles. The first-order chi connectivity index (χ1) is 17.7. The number of hydrogen-bond donors (Lipinski definition) is 2. The Bertz CT molecular complexity index is 1370. The molecule has 196 valence electrons. The SMILES string of the molecule is COCC(=O)NC1CCCC(C(=O)Nc2cc(-c3cc(F)c4nc5n(c4c3)C(C)(C)CC5)c(Cl)cn2)C1. The first kappa shape index (κ1) is 25.6. The Balaban J connectivity index is 1.38. The van der Waals surface area contributed by atoms with Gasteiger partial charge in [0.05, 0.1) is 10.5 Å². The van der Waals surface area contributed by atoms with Gasteiger partial charge in [0, 0.05) is 42.8 Å². The molecule has 37 heavy (non-hydrogen) atoms. The topological polar surface area (TPSA) is 98.1 Å². The smallest absolute Gasteiger partial charge is 0.246 e. The normalized spacial score (nSPS) is 20.6. The highest BCUT2D eigenvalue weighted by molar-refractivity contribution is 6.33. The number of anilines is 1. The summed E-state index contributed by atoms with van der Waals surface area (Å²) in [7, 11) is 1.47. The van der Waals surface area contributed by atoms with E-state index < -0.39 is 5.82 Å². The fourth-order valence-corrected chi connectivity index (χ4v) is 5.84. The molecule has 2 N–H and O–H groups in total. The van der Waals surface area contributed by atoms with E-state index in [4.69, 9.17) is 16.3 Å². The lowest BCUT2D eigenvalue weighted by Gasteiger charge is -2.29. The van der Waals surface area contributed by atoms with Crippen molar-refractivity contribution in [2.75, 3.05) is 19.0 Å². The molecular weight excluding hydrogens is 497 g/mol. The van der Waals surface area contributed by atoms with E-state index in [1.54, 1.807) is 6.07 Å². The third kappa shape index (κ3) is 5.07. The summed E-state index contributed by atoms with van der Waals surface area (Å²) in [4.78, 5) is 33.8. The number of ether oxygens (including phenoxy) is 1. The van der Waals surface area contributed by atoms with Gasteiger partial charge >= 0.3 is 0 Å². The number of rotatable bonds is 6. The number of amides is 2. The number of fused-ring (bicyclic) bond motifs is 3. The standard InChI is InChI=1S/C27H31ClFN5O3/c1-27(2)8-7-23-33-25-20(29)10-16(11-21(25)34(23)27)18-12-22(30-13-19(18)28)32-26(36)15-5-4-6-17(9-15)31-24(35)14-37-3/h10-13,15,17H,4-9,14H2,1-3H3,(H,31,35)(H,30,32,36). The highest BCUT2D eigenvalue weighted by Crippen LogP contribution is 2.39. The van der Waals surface area contributed by atoms with Crippen molar-refractivity contribution >= 4 is 40.3 Å². The molecule has 3 heterocycles. The fourth-order valence-electron chi connectivity index (χ4n) is 5.63. The van der Waals surface area contributed by atoms with Gasteiger partial charge in [-0.25, -0.2) is 14.4 Å². The van der Waals surface area contributed by atoms with E-state index in [0.29, 0.717) is 33.9 Å². The van der Waals surface area contributed by atoms with Crippen molar-refractivity contribution in [1.82, 2.24) is 19.9 Å². The van der Waals surface area contributed by atoms with Gasteiger partial charge in [-0.3, -0.25) is 9.59 Å². The minimum absolute atomic E-state index is 0.00316. The number of aryl methyl sites for hydroxylation is 1. The van der Waals surface area contributed by atoms with Gasteiger partial charge in [0.2, 0.25) is 11.8 Å². The van der Waals surface area contributed by atoms with Crippen LogP contribution in [-0.4, -0.2) is 46.1 Å². The number of aromatic nitrogens is 3. The number of halogens is 2. The maximum Gasteiger partial charge on any atom is 0.246 e. The summed E-state index contributed by atoms with van der Waals surface area (Å²) < 4.78 is 22.1. The molecule has 0 spiro atoms. The molecule has 2 aliphatic rings. The van der Waals surface area contributed by atoms with Crippen molar-refractivity contribution in [3.05, 3.63) is 41.1 Å². The Kier molecular flexibility index (Phi) is 6.93. The van der Waals surface area contributed by atoms with Crippen molar-refractivity contribution in [3.63, 3.8) is 0 Å². The fraction of sp³-hybridized carbons (Fsp3) is 0.481. The van der Waals surface area contributed by atoms with Gasteiger partial charge in [-0.15, -0.1) is 0 Å². The van der Waals surface area contributed by atoms with Crippen LogP contribution in [0, 0.1) is 11.7 Å². The molecule has 0 radical (unpaired) electrons. The van der Waals surface area contributed by atoms with Gasteiger partial charge in [0.1, 0.15) is 23.8 Å². The Labute approximate surface area is 219 Å². The van der Waals surface area contributed by atoms with Crippen LogP contribution >= 0.6 is 11.6 Å². The summed E-state index contributed by atoms with van der Waals surface area (Å²) in [5.74, 6) is 0.209. The zero-order valence-corrected chi connectivity index (χ0v) is 22.0. The van der Waals surface area contributed by atoms with Crippen molar-refractivity contribution in [3.8, 4) is 11.1 Å². The quantitative estimate of drug-likeness (QED) is 0.478. The van der Waals surface area contributed by atoms with Gasteiger partial charge in [-0.2, -0.15) is 0 Å². The highest BCUT2D eigenvalue weighted by atomic mass is 35.5. The Morgan fingerprint density at radius 2 is 2.08 bits per heavy atom. The van der Waals surface area contributed by atoms with Crippen LogP contribution in [0.5, 0.6) is 0 Å². The number of nitrogens with one attached hydrogen (secondary N) is 2. The van der Waals surface area contributed by atoms with Gasteiger partial charge < -0.3 is 19.9 Å². The zero-order chi connectivity index (χ0) is 26.3. The molecule has 5 rings (SSSR count). The van der Waals surface area contributed by atoms with Gasteiger partial charge in [-0.1, -0.05) is 18.0 Å². The number of pyridine rings is 1. The molecule has 2 unspecified atom stereocenters. The van der Waals surface area contributed by atoms with Crippen LogP contribution in [0.1, 0.15) is 51.8 Å². The molecule has 2 atom stereocenters. The predicted octanol–water partition coefficient (Wildman–Crippen LogP) is 4.83. The second-order valence-corrected chi connectivity index (χ2v) is 11.0. The summed E-state index contributed by atoms with van der Waals surface area (Å²) in [5.41, 5.74) is 2.10. The van der Waals surface area contributed by atoms with Gasteiger partial charge in [0.25, 0.3) is 0 Å². The molecule has 8 nitrogen and oxygen atoms in total. The molecule has 2 amide bonds. The number of hydrogen-bond acceptors (Lipinski definition) is 5. The summed E-state index contributed by atoms with van der Waals surface area (Å²) in [6.45, 7) is 4.25. The Morgan fingerprint density at radius 3 is 2.86 bits per heavy atom. The number of methoxy groups -OCH3 is 1. The molecule has 1 aromatic carbocycles. The summed E-state index contributed by atoms with van der Waals surface area (Å²) >= 11 is 6.49. The number of benzene rings is 1. The van der Waals surface area contributed by atoms with E-state index in [9.17, 15) is 9.59 Å². The van der Waals surface area contributed by atoms with Crippen LogP contribution in [0.3, 0.4) is 0 Å². The van der Waals surface area contributed by atoms with Crippen molar-refractivity contribution in [2.45, 2.75) is 64.0 Å². The van der Waals surface area contributed by atoms with E-state index in [2.05, 4.69) is 39.0 Å². The molecule has 0 bridgehead atoms. The third-order valence-electron chi connectivity index (χ3n) is 7.45. The zero-order valence-electron chi connectivity index (χ0n) is 21.2. The maximum atomic E-state index is 15.2. The second kappa shape index (κ2) is 10.0. The van der Waals surface area contributed by atoms with Crippen LogP contribution in [0.15, 0.2) is 24.4 Å². The number of carbonyl (C=O) groups excluding carboxylic acids is 2. The van der Waals surface area contributed by atoms with Crippen LogP contribution in [0.25, 0.3) is 22.2 Å². The third-order valence-corrected chi connectivity index (χ3v) is 7.75. The average molecular weight is 528 g/mol. The van der Waals surface area contributed by atoms with Crippen LogP contribution in [0.2, 0.25) is 5.02 Å². The van der Waals surface area contributed by atoms with E-state index in [-0.39, 0.29) is 35.9 Å². The Morgan fingerprint density at radius 1 is 1.27 bits per heavy atom. The summed E-state index contributed by atoms with van der Waals surface area (Å²) in [6, 6.07) is 4.94. The average Bonchev–Trinajstić information content (AvgIpc) is 3.38. The maximum absolute atomic E-state index is 15.2. The lowest BCUT2D eigenvalue weighted by atomic mass is 9.85. The minimum atomic E-state index is -0.410. The molecule has 1 fully saturated rings. The molecule has 0 saturated heterocycles. The van der Waals surface area contributed by atoms with Crippen LogP contribution in [-0.2, 0) is 26.3 Å². The van der Waals surface area contributed by atoms with Crippen molar-refractivity contribution in [2.24, 2.45) is 5.92 Å². The lowest BCUT2D eigenvalue weighted by molar-refractivity contribution is -0.127. The van der Waals surface area contributed by atoms with Crippen LogP contribution < -0.4 is 10.6 Å². The monoisotopic (exact) mass is 527 g/mol. The minimum Gasteiger partial charge on any atom is -0.375 e. The Hall–Kier alpha value is -3.04. The molecular formula is C27H31ClFN5O3. The number of imidazole rings is 1. The molecule has 1 aliphatic carbocycles. The predicted molar refractivity (Wildman–Crippen MR) is 140 cm³/mol. The molecule has 1 aliphatic heterocycles. The molecule has 10 heteroatoms. The number of nitrogens with zero attached hydrogens (tertiary/aromatic N) is 3. The lowest BCUT2D eigenvalue weighted by Crippen LogP contribution is -2.42. The van der Waals surface area contributed by atoms with Gasteiger partial charge in [0.15, 0.2) is 5.82 Å². The molecule has 1 saturated carbocycles. The first-order valence-electron chi connectivity index (χ1n) is 12.6. The van der Waals surface area contributed by atoms with Crippen molar-refractivity contribution < 1.29 is 18.7 Å². The first-order valence-corrected chi connectivity index (χ1v) is 13.0. The van der Waals surface area contributed by atoms with E-state index in [1.165, 1.54) is 19.4 Å².